The van der Waals surface area contributed by atoms with Crippen LogP contribution in [0.15, 0.2) is 52.4 Å². The summed E-state index contributed by atoms with van der Waals surface area (Å²) in [5, 5.41) is 3.00. The van der Waals surface area contributed by atoms with Crippen LogP contribution in [0, 0.1) is 0 Å². The zero-order valence-electron chi connectivity index (χ0n) is 16.6. The van der Waals surface area contributed by atoms with Crippen molar-refractivity contribution in [1.82, 2.24) is 4.31 Å². The van der Waals surface area contributed by atoms with Crippen LogP contribution in [0.5, 0.6) is 11.5 Å². The summed E-state index contributed by atoms with van der Waals surface area (Å²) in [6.07, 6.45) is 1.83. The van der Waals surface area contributed by atoms with E-state index in [1.165, 1.54) is 4.31 Å². The van der Waals surface area contributed by atoms with E-state index in [2.05, 4.69) is 10.3 Å². The van der Waals surface area contributed by atoms with Gasteiger partial charge in [0.2, 0.25) is 10.0 Å². The number of nitrogens with two attached hydrogens (primary N) is 1. The third kappa shape index (κ3) is 4.99. The predicted octanol–water partition coefficient (Wildman–Crippen LogP) is 2.42. The number of nitrogens with one attached hydrogen (secondary N) is 1. The van der Waals surface area contributed by atoms with Crippen LogP contribution in [0.1, 0.15) is 18.4 Å². The van der Waals surface area contributed by atoms with E-state index in [4.69, 9.17) is 15.2 Å². The molecule has 1 aliphatic rings. The molecule has 0 unspecified atom stereocenters. The van der Waals surface area contributed by atoms with Gasteiger partial charge in [0.1, 0.15) is 0 Å². The van der Waals surface area contributed by atoms with Crippen LogP contribution < -0.4 is 20.5 Å². The summed E-state index contributed by atoms with van der Waals surface area (Å²) >= 11 is 0. The molecule has 0 spiro atoms. The normalized spacial score (nSPS) is 15.3. The molecule has 1 heterocycles. The molecular weight excluding hydrogens is 392 g/mol. The van der Waals surface area contributed by atoms with Crippen LogP contribution >= 0.6 is 0 Å². The molecule has 0 saturated carbocycles. The highest BCUT2D eigenvalue weighted by molar-refractivity contribution is 7.89. The fourth-order valence-electron chi connectivity index (χ4n) is 3.12. The van der Waals surface area contributed by atoms with Crippen LogP contribution in [0.3, 0.4) is 0 Å². The van der Waals surface area contributed by atoms with Gasteiger partial charge in [-0.25, -0.2) is 13.4 Å². The van der Waals surface area contributed by atoms with E-state index in [-0.39, 0.29) is 5.96 Å². The number of benzene rings is 2. The maximum absolute atomic E-state index is 12.6. The van der Waals surface area contributed by atoms with Gasteiger partial charge >= 0.3 is 0 Å². The number of hydrogen-bond acceptors (Lipinski definition) is 5. The maximum Gasteiger partial charge on any atom is 0.243 e. The molecule has 0 amide bonds. The average molecular weight is 419 g/mol. The molecule has 0 aliphatic carbocycles. The molecule has 8 nitrogen and oxygen atoms in total. The van der Waals surface area contributed by atoms with Crippen LogP contribution in [0.2, 0.25) is 0 Å². The molecule has 29 heavy (non-hydrogen) atoms. The van der Waals surface area contributed by atoms with Gasteiger partial charge in [-0.2, -0.15) is 4.31 Å². The number of aliphatic imine (C=N–C) groups is 1. The number of anilines is 1. The zero-order chi connectivity index (χ0) is 20.9. The third-order valence-electron chi connectivity index (χ3n) is 4.71. The summed E-state index contributed by atoms with van der Waals surface area (Å²) in [6, 6.07) is 12.1. The van der Waals surface area contributed by atoms with Gasteiger partial charge in [0.25, 0.3) is 0 Å². The fourth-order valence-corrected chi connectivity index (χ4v) is 4.64. The Hall–Kier alpha value is -2.78. The number of rotatable bonds is 7. The number of methoxy groups -OCH3 is 2. The Morgan fingerprint density at radius 1 is 1.07 bits per heavy atom. The second-order valence-corrected chi connectivity index (χ2v) is 8.59. The monoisotopic (exact) mass is 418 g/mol. The largest absolute Gasteiger partial charge is 0.493 e. The molecule has 1 aliphatic heterocycles. The van der Waals surface area contributed by atoms with Gasteiger partial charge in [-0.05, 0) is 42.7 Å². The number of hydrogen-bond donors (Lipinski definition) is 2. The van der Waals surface area contributed by atoms with Crippen molar-refractivity contribution in [2.24, 2.45) is 10.7 Å². The molecule has 0 radical (unpaired) electrons. The third-order valence-corrected chi connectivity index (χ3v) is 6.63. The molecule has 3 rings (SSSR count). The van der Waals surface area contributed by atoms with E-state index in [9.17, 15) is 8.42 Å². The van der Waals surface area contributed by atoms with Crippen LogP contribution in [-0.2, 0) is 16.6 Å². The first-order valence-corrected chi connectivity index (χ1v) is 10.8. The second kappa shape index (κ2) is 9.15. The number of nitrogens with zero attached hydrogens (tertiary/aromatic N) is 2. The molecule has 2 aromatic carbocycles. The van der Waals surface area contributed by atoms with Gasteiger partial charge in [-0.1, -0.05) is 12.1 Å². The molecule has 1 saturated heterocycles. The molecule has 0 bridgehead atoms. The lowest BCUT2D eigenvalue weighted by Gasteiger charge is -2.15. The van der Waals surface area contributed by atoms with Gasteiger partial charge in [0.05, 0.1) is 25.7 Å². The summed E-state index contributed by atoms with van der Waals surface area (Å²) in [5.74, 6) is 1.45. The Morgan fingerprint density at radius 3 is 2.34 bits per heavy atom. The summed E-state index contributed by atoms with van der Waals surface area (Å²) in [5.41, 5.74) is 7.54. The SMILES string of the molecule is COc1ccc(NC(N)=NCc2ccc(S(=O)(=O)N3CCCC3)cc2)cc1OC. The minimum atomic E-state index is -3.40. The van der Waals surface area contributed by atoms with Gasteiger partial charge in [-0.3, -0.25) is 0 Å². The number of guanidine groups is 1. The highest BCUT2D eigenvalue weighted by Crippen LogP contribution is 2.29. The van der Waals surface area contributed by atoms with E-state index in [0.717, 1.165) is 24.1 Å². The van der Waals surface area contributed by atoms with E-state index >= 15 is 0 Å². The topological polar surface area (TPSA) is 106 Å². The summed E-state index contributed by atoms with van der Waals surface area (Å²) in [6.45, 7) is 1.51. The Kier molecular flexibility index (Phi) is 6.60. The Morgan fingerprint density at radius 2 is 1.72 bits per heavy atom. The molecule has 0 aromatic heterocycles. The minimum absolute atomic E-state index is 0.242. The first-order chi connectivity index (χ1) is 13.9. The van der Waals surface area contributed by atoms with Crippen molar-refractivity contribution in [1.29, 1.82) is 0 Å². The minimum Gasteiger partial charge on any atom is -0.493 e. The highest BCUT2D eigenvalue weighted by atomic mass is 32.2. The standard InChI is InChI=1S/C20H26N4O4S/c1-27-18-10-7-16(13-19(18)28-2)23-20(21)22-14-15-5-8-17(9-6-15)29(25,26)24-11-3-4-12-24/h5-10,13H,3-4,11-12,14H2,1-2H3,(H3,21,22,23). The van der Waals surface area contributed by atoms with Crippen molar-refractivity contribution >= 4 is 21.7 Å². The van der Waals surface area contributed by atoms with Gasteiger partial charge in [0.15, 0.2) is 17.5 Å². The molecule has 9 heteroatoms. The van der Waals surface area contributed by atoms with Crippen LogP contribution in [0.4, 0.5) is 5.69 Å². The van der Waals surface area contributed by atoms with Crippen molar-refractivity contribution in [3.8, 4) is 11.5 Å². The maximum atomic E-state index is 12.6. The summed E-state index contributed by atoms with van der Waals surface area (Å²) in [4.78, 5) is 4.62. The first-order valence-electron chi connectivity index (χ1n) is 9.32. The van der Waals surface area contributed by atoms with Crippen molar-refractivity contribution in [2.75, 3.05) is 32.6 Å². The van der Waals surface area contributed by atoms with Crippen molar-refractivity contribution in [3.05, 3.63) is 48.0 Å². The first kappa shape index (κ1) is 20.9. The molecule has 156 valence electrons. The Bertz CT molecular complexity index is 968. The van der Waals surface area contributed by atoms with E-state index < -0.39 is 10.0 Å². The van der Waals surface area contributed by atoms with Crippen molar-refractivity contribution in [2.45, 2.75) is 24.3 Å². The zero-order valence-corrected chi connectivity index (χ0v) is 17.4. The molecular formula is C20H26N4O4S. The number of sulfonamides is 1. The number of ether oxygens (including phenoxy) is 2. The van der Waals surface area contributed by atoms with Crippen LogP contribution in [0.25, 0.3) is 0 Å². The quantitative estimate of drug-likeness (QED) is 0.528. The molecule has 2 aromatic rings. The molecule has 0 atom stereocenters. The van der Waals surface area contributed by atoms with E-state index in [1.807, 2.05) is 6.07 Å². The average Bonchev–Trinajstić information content (AvgIpc) is 3.28. The lowest BCUT2D eigenvalue weighted by atomic mass is 10.2. The lowest BCUT2D eigenvalue weighted by Crippen LogP contribution is -2.27. The summed E-state index contributed by atoms with van der Waals surface area (Å²) < 4.78 is 37.1. The van der Waals surface area contributed by atoms with E-state index in [0.29, 0.717) is 36.0 Å². The van der Waals surface area contributed by atoms with Crippen LogP contribution in [-0.4, -0.2) is 46.0 Å². The van der Waals surface area contributed by atoms with Crippen molar-refractivity contribution < 1.29 is 17.9 Å². The predicted molar refractivity (Wildman–Crippen MR) is 113 cm³/mol. The molecule has 1 fully saturated rings. The van der Waals surface area contributed by atoms with Gasteiger partial charge in [-0.15, -0.1) is 0 Å². The highest BCUT2D eigenvalue weighted by Gasteiger charge is 2.26. The fraction of sp³-hybridized carbons (Fsp3) is 0.350. The molecule has 3 N–H and O–H groups in total. The Balaban J connectivity index is 1.63. The van der Waals surface area contributed by atoms with Gasteiger partial charge in [0, 0.05) is 24.8 Å². The lowest BCUT2D eigenvalue weighted by molar-refractivity contribution is 0.355. The Labute approximate surface area is 171 Å². The second-order valence-electron chi connectivity index (χ2n) is 6.65. The van der Waals surface area contributed by atoms with E-state index in [1.54, 1.807) is 50.6 Å². The van der Waals surface area contributed by atoms with Gasteiger partial charge < -0.3 is 20.5 Å². The summed E-state index contributed by atoms with van der Waals surface area (Å²) in [7, 11) is -0.267. The smallest absolute Gasteiger partial charge is 0.243 e. The van der Waals surface area contributed by atoms with Crippen molar-refractivity contribution in [3.63, 3.8) is 0 Å².